The lowest BCUT2D eigenvalue weighted by atomic mass is 10.2. The smallest absolute Gasteiger partial charge is 0.272 e. The Morgan fingerprint density at radius 1 is 0.967 bits per heavy atom. The van der Waals surface area contributed by atoms with E-state index in [1.54, 1.807) is 24.4 Å². The zero-order valence-corrected chi connectivity index (χ0v) is 16.7. The van der Waals surface area contributed by atoms with Gasteiger partial charge in [0.1, 0.15) is 5.69 Å². The highest BCUT2D eigenvalue weighted by molar-refractivity contribution is 5.93. The van der Waals surface area contributed by atoms with Gasteiger partial charge in [-0.05, 0) is 35.9 Å². The van der Waals surface area contributed by atoms with Crippen molar-refractivity contribution < 1.29 is 4.79 Å². The molecule has 2 aromatic carbocycles. The van der Waals surface area contributed by atoms with Gasteiger partial charge in [-0.25, -0.2) is 0 Å². The van der Waals surface area contributed by atoms with Crippen LogP contribution in [0.25, 0.3) is 0 Å². The van der Waals surface area contributed by atoms with Crippen LogP contribution in [0, 0.1) is 11.3 Å². The van der Waals surface area contributed by atoms with Gasteiger partial charge >= 0.3 is 0 Å². The van der Waals surface area contributed by atoms with Gasteiger partial charge in [-0.2, -0.15) is 5.26 Å². The lowest BCUT2D eigenvalue weighted by molar-refractivity contribution is 0.0623. The average Bonchev–Trinajstić information content (AvgIpc) is 2.80. The Bertz CT molecular complexity index is 1050. The van der Waals surface area contributed by atoms with Gasteiger partial charge in [-0.1, -0.05) is 36.4 Å². The second-order valence-electron chi connectivity index (χ2n) is 7.30. The number of nitrogens with one attached hydrogen (secondary N) is 1. The zero-order valence-electron chi connectivity index (χ0n) is 16.7. The Morgan fingerprint density at radius 2 is 1.73 bits per heavy atom. The maximum atomic E-state index is 12.9. The van der Waals surface area contributed by atoms with Crippen molar-refractivity contribution in [3.8, 4) is 6.07 Å². The van der Waals surface area contributed by atoms with Crippen molar-refractivity contribution in [1.82, 2.24) is 14.8 Å². The zero-order chi connectivity index (χ0) is 20.8. The molecule has 30 heavy (non-hydrogen) atoms. The molecule has 1 aliphatic rings. The molecule has 0 aliphatic carbocycles. The van der Waals surface area contributed by atoms with Crippen LogP contribution in [0.1, 0.15) is 21.6 Å². The van der Waals surface area contributed by atoms with E-state index in [4.69, 9.17) is 5.26 Å². The first-order valence-corrected chi connectivity index (χ1v) is 10.00. The Morgan fingerprint density at radius 3 is 2.50 bits per heavy atom. The van der Waals surface area contributed by atoms with Crippen molar-refractivity contribution in [2.45, 2.75) is 6.54 Å². The number of anilines is 2. The third kappa shape index (κ3) is 4.83. The summed E-state index contributed by atoms with van der Waals surface area (Å²) in [5.74, 6) is -0.0520. The van der Waals surface area contributed by atoms with E-state index < -0.39 is 0 Å². The maximum Gasteiger partial charge on any atom is 0.272 e. The number of carbonyl (C=O) groups is 1. The molecule has 1 N–H and O–H groups in total. The van der Waals surface area contributed by atoms with E-state index in [0.717, 1.165) is 31.0 Å². The summed E-state index contributed by atoms with van der Waals surface area (Å²) in [7, 11) is 0. The first-order chi connectivity index (χ1) is 14.7. The number of hydrogen-bond acceptors (Lipinski definition) is 5. The Kier molecular flexibility index (Phi) is 6.02. The monoisotopic (exact) mass is 397 g/mol. The molecule has 0 radical (unpaired) electrons. The molecule has 3 aromatic rings. The van der Waals surface area contributed by atoms with Crippen LogP contribution in [-0.2, 0) is 6.54 Å². The van der Waals surface area contributed by atoms with Gasteiger partial charge in [0, 0.05) is 50.3 Å². The summed E-state index contributed by atoms with van der Waals surface area (Å²) in [4.78, 5) is 21.5. The summed E-state index contributed by atoms with van der Waals surface area (Å²) in [5, 5.41) is 12.3. The molecule has 0 atom stereocenters. The second kappa shape index (κ2) is 9.21. The van der Waals surface area contributed by atoms with Crippen molar-refractivity contribution >= 4 is 17.3 Å². The van der Waals surface area contributed by atoms with E-state index in [2.05, 4.69) is 45.5 Å². The molecule has 1 saturated heterocycles. The number of nitriles is 1. The van der Waals surface area contributed by atoms with Gasteiger partial charge in [-0.3, -0.25) is 14.7 Å². The fourth-order valence-electron chi connectivity index (χ4n) is 3.57. The van der Waals surface area contributed by atoms with Crippen LogP contribution in [-0.4, -0.2) is 46.9 Å². The van der Waals surface area contributed by atoms with Crippen LogP contribution in [0.15, 0.2) is 72.9 Å². The topological polar surface area (TPSA) is 72.3 Å². The molecular weight excluding hydrogens is 374 g/mol. The van der Waals surface area contributed by atoms with Gasteiger partial charge in [0.2, 0.25) is 0 Å². The summed E-state index contributed by atoms with van der Waals surface area (Å²) >= 11 is 0. The van der Waals surface area contributed by atoms with E-state index in [1.165, 1.54) is 5.56 Å². The van der Waals surface area contributed by atoms with Crippen LogP contribution in [0.5, 0.6) is 0 Å². The molecule has 1 fully saturated rings. The van der Waals surface area contributed by atoms with Gasteiger partial charge in [-0.15, -0.1) is 0 Å². The van der Waals surface area contributed by atoms with Crippen molar-refractivity contribution in [3.05, 3.63) is 89.7 Å². The molecule has 1 amide bonds. The largest absolute Gasteiger partial charge is 0.355 e. The molecule has 2 heterocycles. The summed E-state index contributed by atoms with van der Waals surface area (Å²) < 4.78 is 0. The number of piperazine rings is 1. The molecular formula is C24H23N5O. The maximum absolute atomic E-state index is 12.9. The third-order valence-corrected chi connectivity index (χ3v) is 5.17. The Labute approximate surface area is 176 Å². The number of hydrogen-bond donors (Lipinski definition) is 1. The van der Waals surface area contributed by atoms with Crippen LogP contribution < -0.4 is 5.32 Å². The SMILES string of the molecule is N#Cc1cccc(Nc2ccnc(C(=O)N3CCN(Cc4ccccc4)CC3)c2)c1. The minimum absolute atomic E-state index is 0.0520. The molecule has 0 saturated carbocycles. The van der Waals surface area contributed by atoms with Crippen molar-refractivity contribution in [3.63, 3.8) is 0 Å². The van der Waals surface area contributed by atoms with Gasteiger partial charge < -0.3 is 10.2 Å². The van der Waals surface area contributed by atoms with E-state index in [9.17, 15) is 4.79 Å². The molecule has 150 valence electrons. The number of amides is 1. The Balaban J connectivity index is 1.37. The van der Waals surface area contributed by atoms with Crippen LogP contribution in [0.3, 0.4) is 0 Å². The minimum Gasteiger partial charge on any atom is -0.355 e. The van der Waals surface area contributed by atoms with Crippen molar-refractivity contribution in [2.24, 2.45) is 0 Å². The van der Waals surface area contributed by atoms with Crippen LogP contribution in [0.2, 0.25) is 0 Å². The number of benzene rings is 2. The highest BCUT2D eigenvalue weighted by Gasteiger charge is 2.23. The number of nitrogens with zero attached hydrogens (tertiary/aromatic N) is 4. The van der Waals surface area contributed by atoms with E-state index in [-0.39, 0.29) is 5.91 Å². The number of rotatable bonds is 5. The number of carbonyl (C=O) groups excluding carboxylic acids is 1. The van der Waals surface area contributed by atoms with Crippen molar-refractivity contribution in [2.75, 3.05) is 31.5 Å². The summed E-state index contributed by atoms with van der Waals surface area (Å²) in [6, 6.07) is 23.3. The van der Waals surface area contributed by atoms with E-state index in [1.807, 2.05) is 29.2 Å². The fraction of sp³-hybridized carbons (Fsp3) is 0.208. The molecule has 6 heteroatoms. The molecule has 0 spiro atoms. The first kappa shape index (κ1) is 19.6. The van der Waals surface area contributed by atoms with E-state index >= 15 is 0 Å². The highest BCUT2D eigenvalue weighted by Crippen LogP contribution is 2.19. The van der Waals surface area contributed by atoms with Crippen molar-refractivity contribution in [1.29, 1.82) is 5.26 Å². The summed E-state index contributed by atoms with van der Waals surface area (Å²) in [5.41, 5.74) is 3.86. The molecule has 0 unspecified atom stereocenters. The molecule has 1 aliphatic heterocycles. The quantitative estimate of drug-likeness (QED) is 0.711. The average molecular weight is 397 g/mol. The minimum atomic E-state index is -0.0520. The lowest BCUT2D eigenvalue weighted by Gasteiger charge is -2.34. The molecule has 6 nitrogen and oxygen atoms in total. The molecule has 4 rings (SSSR count). The standard InChI is InChI=1S/C24H23N5O/c25-17-20-7-4-8-21(15-20)27-22-9-10-26-23(16-22)24(30)29-13-11-28(12-14-29)18-19-5-2-1-3-6-19/h1-10,15-16H,11-14,18H2,(H,26,27). The normalized spacial score (nSPS) is 14.2. The molecule has 0 bridgehead atoms. The highest BCUT2D eigenvalue weighted by atomic mass is 16.2. The van der Waals surface area contributed by atoms with E-state index in [0.29, 0.717) is 24.3 Å². The summed E-state index contributed by atoms with van der Waals surface area (Å²) in [6.45, 7) is 3.98. The first-order valence-electron chi connectivity index (χ1n) is 10.00. The fourth-order valence-corrected chi connectivity index (χ4v) is 3.57. The third-order valence-electron chi connectivity index (χ3n) is 5.17. The van der Waals surface area contributed by atoms with Crippen LogP contribution in [0.4, 0.5) is 11.4 Å². The summed E-state index contributed by atoms with van der Waals surface area (Å²) in [6.07, 6.45) is 1.63. The Hall–Kier alpha value is -3.69. The second-order valence-corrected chi connectivity index (χ2v) is 7.30. The lowest BCUT2D eigenvalue weighted by Crippen LogP contribution is -2.48. The van der Waals surface area contributed by atoms with Crippen LogP contribution >= 0.6 is 0 Å². The van der Waals surface area contributed by atoms with Gasteiger partial charge in [0.05, 0.1) is 11.6 Å². The molecule has 1 aromatic heterocycles. The number of aromatic nitrogens is 1. The van der Waals surface area contributed by atoms with Gasteiger partial charge in [0.25, 0.3) is 5.91 Å². The predicted octanol–water partition coefficient (Wildman–Crippen LogP) is 3.65. The van der Waals surface area contributed by atoms with Gasteiger partial charge in [0.15, 0.2) is 0 Å². The predicted molar refractivity (Wildman–Crippen MR) is 116 cm³/mol. The number of pyridine rings is 1.